The van der Waals surface area contributed by atoms with Crippen molar-refractivity contribution in [2.45, 2.75) is 5.82 Å². The number of aromatic hydroxyl groups is 2. The first-order valence-corrected chi connectivity index (χ1v) is 9.02. The molecule has 22 heavy (non-hydrogen) atoms. The molecule has 0 spiro atoms. The van der Waals surface area contributed by atoms with E-state index >= 15 is 0 Å². The first kappa shape index (κ1) is 15.9. The predicted molar refractivity (Wildman–Crippen MR) is 90.5 cm³/mol. The molecule has 0 radical (unpaired) electrons. The third-order valence-corrected chi connectivity index (χ3v) is 3.87. The Labute approximate surface area is 134 Å². The average molecular weight is 360 g/mol. The van der Waals surface area contributed by atoms with E-state index in [2.05, 4.69) is 15.2 Å². The van der Waals surface area contributed by atoms with E-state index in [0.29, 0.717) is 15.9 Å². The van der Waals surface area contributed by atoms with E-state index in [0.717, 1.165) is 0 Å². The van der Waals surface area contributed by atoms with E-state index in [1.165, 1.54) is 6.21 Å². The van der Waals surface area contributed by atoms with E-state index in [1.807, 2.05) is 18.0 Å². The second-order valence-corrected chi connectivity index (χ2v) is 5.83. The number of para-hydroxylation sites is 2. The zero-order valence-corrected chi connectivity index (χ0v) is 13.6. The fourth-order valence-corrected chi connectivity index (χ4v) is 2.18. The zero-order chi connectivity index (χ0) is 15.8. The van der Waals surface area contributed by atoms with Crippen LogP contribution >= 0.6 is 0 Å². The summed E-state index contributed by atoms with van der Waals surface area (Å²) in [6, 6.07) is 13.8. The number of hydrogen-bond acceptors (Lipinski definition) is 4. The van der Waals surface area contributed by atoms with Crippen molar-refractivity contribution >= 4 is 32.1 Å². The van der Waals surface area contributed by atoms with Crippen LogP contribution in [-0.2, 0) is 0 Å². The van der Waals surface area contributed by atoms with Gasteiger partial charge in [0.15, 0.2) is 0 Å². The number of phenols is 2. The van der Waals surface area contributed by atoms with Crippen LogP contribution in [-0.4, -0.2) is 42.3 Å². The molecular formula is C16H15N3O2Se. The molecule has 0 bridgehead atoms. The molecule has 0 heterocycles. The van der Waals surface area contributed by atoms with Crippen LogP contribution in [0.4, 0.5) is 0 Å². The van der Waals surface area contributed by atoms with Crippen molar-refractivity contribution in [3.05, 3.63) is 59.7 Å². The molecule has 2 aromatic rings. The van der Waals surface area contributed by atoms with Crippen LogP contribution in [0.3, 0.4) is 0 Å². The summed E-state index contributed by atoms with van der Waals surface area (Å²) in [4.78, 5) is 4.24. The standard InChI is InChI=1S/C16H15N3O2Se/c1-22-16(17-10-12-6-2-4-8-14(12)20)19-18-11-13-7-3-5-9-15(13)21/h2-11,20-21H,1H3/b17-10+,18-11+,19-16-. The monoisotopic (exact) mass is 361 g/mol. The Morgan fingerprint density at radius 2 is 1.45 bits per heavy atom. The summed E-state index contributed by atoms with van der Waals surface area (Å²) >= 11 is 0.0526. The van der Waals surface area contributed by atoms with E-state index in [1.54, 1.807) is 42.6 Å². The van der Waals surface area contributed by atoms with Gasteiger partial charge in [-0.1, -0.05) is 0 Å². The molecule has 0 aromatic heterocycles. The summed E-state index contributed by atoms with van der Waals surface area (Å²) in [5.41, 5.74) is 1.23. The Balaban J connectivity index is 2.11. The molecule has 0 aliphatic rings. The maximum atomic E-state index is 9.67. The minimum atomic E-state index is 0.0526. The number of benzene rings is 2. The van der Waals surface area contributed by atoms with Gasteiger partial charge in [0.25, 0.3) is 0 Å². The molecule has 0 unspecified atom stereocenters. The fourth-order valence-electron chi connectivity index (χ4n) is 1.58. The van der Waals surface area contributed by atoms with Gasteiger partial charge in [-0.2, -0.15) is 0 Å². The summed E-state index contributed by atoms with van der Waals surface area (Å²) in [5, 5.41) is 27.3. The molecule has 0 saturated carbocycles. The van der Waals surface area contributed by atoms with Crippen LogP contribution in [0.2, 0.25) is 5.82 Å². The van der Waals surface area contributed by atoms with Gasteiger partial charge in [0.05, 0.1) is 0 Å². The summed E-state index contributed by atoms with van der Waals surface area (Å²) in [5.74, 6) is 2.30. The van der Waals surface area contributed by atoms with E-state index in [-0.39, 0.29) is 26.5 Å². The normalized spacial score (nSPS) is 12.3. The third-order valence-electron chi connectivity index (χ3n) is 2.71. The van der Waals surface area contributed by atoms with Gasteiger partial charge in [-0.25, -0.2) is 0 Å². The van der Waals surface area contributed by atoms with Crippen molar-refractivity contribution in [2.24, 2.45) is 15.2 Å². The van der Waals surface area contributed by atoms with Crippen LogP contribution in [0.5, 0.6) is 11.5 Å². The summed E-state index contributed by atoms with van der Waals surface area (Å²) in [6.45, 7) is 0. The third kappa shape index (κ3) is 4.55. The van der Waals surface area contributed by atoms with E-state index in [4.69, 9.17) is 0 Å². The summed E-state index contributed by atoms with van der Waals surface area (Å²) in [6.07, 6.45) is 3.05. The molecule has 0 aliphatic carbocycles. The van der Waals surface area contributed by atoms with Crippen molar-refractivity contribution in [1.29, 1.82) is 0 Å². The molecule has 5 nitrogen and oxygen atoms in total. The molecule has 0 atom stereocenters. The topological polar surface area (TPSA) is 77.5 Å². The molecular weight excluding hydrogens is 345 g/mol. The first-order chi connectivity index (χ1) is 10.7. The summed E-state index contributed by atoms with van der Waals surface area (Å²) < 4.78 is 0.586. The minimum absolute atomic E-state index is 0.0526. The van der Waals surface area contributed by atoms with Crippen LogP contribution in [0.25, 0.3) is 0 Å². The van der Waals surface area contributed by atoms with Gasteiger partial charge < -0.3 is 0 Å². The Morgan fingerprint density at radius 3 is 2.00 bits per heavy atom. The van der Waals surface area contributed by atoms with Gasteiger partial charge in [-0.15, -0.1) is 0 Å². The van der Waals surface area contributed by atoms with Crippen molar-refractivity contribution in [3.8, 4) is 11.5 Å². The van der Waals surface area contributed by atoms with Crippen LogP contribution in [0, 0.1) is 0 Å². The number of nitrogens with zero attached hydrogens (tertiary/aromatic N) is 3. The van der Waals surface area contributed by atoms with Gasteiger partial charge in [-0.3, -0.25) is 0 Å². The molecule has 2 aromatic carbocycles. The number of phenolic OH excluding ortho intramolecular Hbond substituents is 2. The molecule has 2 rings (SSSR count). The van der Waals surface area contributed by atoms with Gasteiger partial charge >= 0.3 is 135 Å². The Bertz CT molecular complexity index is 727. The van der Waals surface area contributed by atoms with Gasteiger partial charge in [0.1, 0.15) is 0 Å². The summed E-state index contributed by atoms with van der Waals surface area (Å²) in [7, 11) is 0. The number of amidine groups is 1. The van der Waals surface area contributed by atoms with E-state index < -0.39 is 0 Å². The Morgan fingerprint density at radius 1 is 0.909 bits per heavy atom. The quantitative estimate of drug-likeness (QED) is 0.381. The Hall–Kier alpha value is -2.43. The zero-order valence-electron chi connectivity index (χ0n) is 11.9. The van der Waals surface area contributed by atoms with Gasteiger partial charge in [-0.05, 0) is 0 Å². The van der Waals surface area contributed by atoms with Crippen molar-refractivity contribution in [2.75, 3.05) is 0 Å². The Kier molecular flexibility index (Phi) is 5.89. The molecule has 112 valence electrons. The molecule has 6 heteroatoms. The molecule has 2 N–H and O–H groups in total. The van der Waals surface area contributed by atoms with Crippen LogP contribution < -0.4 is 0 Å². The second kappa shape index (κ2) is 8.12. The number of aliphatic imine (C=N–C) groups is 1. The van der Waals surface area contributed by atoms with Gasteiger partial charge in [0, 0.05) is 0 Å². The predicted octanol–water partition coefficient (Wildman–Crippen LogP) is 2.66. The van der Waals surface area contributed by atoms with Crippen LogP contribution in [0.1, 0.15) is 11.1 Å². The van der Waals surface area contributed by atoms with Crippen molar-refractivity contribution < 1.29 is 10.2 Å². The fraction of sp³-hybridized carbons (Fsp3) is 0.0625. The average Bonchev–Trinajstić information content (AvgIpc) is 2.54. The van der Waals surface area contributed by atoms with Crippen LogP contribution in [0.15, 0.2) is 63.7 Å². The maximum absolute atomic E-state index is 9.67. The van der Waals surface area contributed by atoms with Crippen molar-refractivity contribution in [1.82, 2.24) is 0 Å². The first-order valence-electron chi connectivity index (χ1n) is 6.46. The second-order valence-electron chi connectivity index (χ2n) is 4.21. The SMILES string of the molecule is C[Se]C(=N\N=C\c1ccccc1O)/N=C/c1ccccc1O. The molecule has 0 fully saturated rings. The number of rotatable bonds is 4. The van der Waals surface area contributed by atoms with Crippen molar-refractivity contribution in [3.63, 3.8) is 0 Å². The van der Waals surface area contributed by atoms with Gasteiger partial charge in [0.2, 0.25) is 0 Å². The molecule has 0 aliphatic heterocycles. The molecule has 0 amide bonds. The molecule has 0 saturated heterocycles. The van der Waals surface area contributed by atoms with E-state index in [9.17, 15) is 10.2 Å². The number of hydrogen-bond donors (Lipinski definition) is 2.